The van der Waals surface area contributed by atoms with Gasteiger partial charge in [-0.1, -0.05) is 49.7 Å². The monoisotopic (exact) mass is 331 g/mol. The third-order valence-corrected chi connectivity index (χ3v) is 4.82. The summed E-state index contributed by atoms with van der Waals surface area (Å²) in [5.41, 5.74) is 1.50. The number of rotatable bonds is 4. The first-order valence-corrected chi connectivity index (χ1v) is 8.42. The molecule has 122 valence electrons. The summed E-state index contributed by atoms with van der Waals surface area (Å²) in [7, 11) is 0. The van der Waals surface area contributed by atoms with Crippen molar-refractivity contribution in [1.82, 2.24) is 4.90 Å². The van der Waals surface area contributed by atoms with Crippen molar-refractivity contribution in [3.63, 3.8) is 0 Å². The van der Waals surface area contributed by atoms with Crippen molar-refractivity contribution in [3.05, 3.63) is 64.2 Å². The first-order chi connectivity index (χ1) is 11.1. The molecule has 3 nitrogen and oxygen atoms in total. The van der Waals surface area contributed by atoms with E-state index in [1.165, 1.54) is 0 Å². The maximum absolute atomic E-state index is 11.7. The van der Waals surface area contributed by atoms with Gasteiger partial charge in [-0.05, 0) is 42.4 Å². The van der Waals surface area contributed by atoms with E-state index in [9.17, 15) is 5.11 Å². The summed E-state index contributed by atoms with van der Waals surface area (Å²) in [6, 6.07) is 13.4. The fourth-order valence-electron chi connectivity index (χ4n) is 3.24. The topological polar surface area (TPSA) is 32.7 Å². The molecule has 1 atom stereocenters. The average Bonchev–Trinajstić information content (AvgIpc) is 2.69. The van der Waals surface area contributed by atoms with Gasteiger partial charge in [0, 0.05) is 17.1 Å². The molecule has 4 heteroatoms. The highest BCUT2D eigenvalue weighted by molar-refractivity contribution is 6.30. The van der Waals surface area contributed by atoms with Gasteiger partial charge in [0.1, 0.15) is 18.0 Å². The minimum Gasteiger partial charge on any atom is -0.488 e. The molecule has 0 aliphatic carbocycles. The van der Waals surface area contributed by atoms with Gasteiger partial charge in [0.25, 0.3) is 0 Å². The lowest BCUT2D eigenvalue weighted by atomic mass is 9.83. The minimum absolute atomic E-state index is 0.450. The molecule has 0 saturated heterocycles. The molecular weight excluding hydrogens is 310 g/mol. The Kier molecular flexibility index (Phi) is 4.62. The molecule has 1 aliphatic rings. The Bertz CT molecular complexity index is 700. The molecule has 0 spiro atoms. The van der Waals surface area contributed by atoms with Gasteiger partial charge < -0.3 is 14.7 Å². The van der Waals surface area contributed by atoms with Crippen LogP contribution in [0, 0.1) is 0 Å². The van der Waals surface area contributed by atoms with Crippen LogP contribution >= 0.6 is 11.6 Å². The maximum Gasteiger partial charge on any atom is 0.131 e. The van der Waals surface area contributed by atoms with E-state index < -0.39 is 5.60 Å². The lowest BCUT2D eigenvalue weighted by Gasteiger charge is -2.34. The zero-order chi connectivity index (χ0) is 16.4. The minimum atomic E-state index is -1.14. The molecule has 2 aromatic carbocycles. The van der Waals surface area contributed by atoms with Gasteiger partial charge in [0.05, 0.1) is 0 Å². The van der Waals surface area contributed by atoms with E-state index in [0.29, 0.717) is 23.9 Å². The van der Waals surface area contributed by atoms with Crippen LogP contribution in [0.2, 0.25) is 5.02 Å². The average molecular weight is 332 g/mol. The molecule has 0 bridgehead atoms. The molecule has 0 fully saturated rings. The van der Waals surface area contributed by atoms with Gasteiger partial charge in [0.15, 0.2) is 0 Å². The number of ether oxygens (including phenoxy) is 1. The van der Waals surface area contributed by atoms with Crippen molar-refractivity contribution >= 4 is 11.6 Å². The van der Waals surface area contributed by atoms with E-state index in [1.807, 2.05) is 36.4 Å². The third-order valence-electron chi connectivity index (χ3n) is 4.58. The molecule has 23 heavy (non-hydrogen) atoms. The van der Waals surface area contributed by atoms with E-state index in [0.717, 1.165) is 29.8 Å². The van der Waals surface area contributed by atoms with Gasteiger partial charge in [-0.15, -0.1) is 0 Å². The second-order valence-corrected chi connectivity index (χ2v) is 6.34. The lowest BCUT2D eigenvalue weighted by molar-refractivity contribution is 0.0384. The first kappa shape index (κ1) is 16.3. The summed E-state index contributed by atoms with van der Waals surface area (Å²) in [6.07, 6.45) is 0. The van der Waals surface area contributed by atoms with Crippen LogP contribution < -0.4 is 4.74 Å². The summed E-state index contributed by atoms with van der Waals surface area (Å²) in [5.74, 6) is 0.695. The summed E-state index contributed by atoms with van der Waals surface area (Å²) in [6.45, 7) is 6.91. The summed E-state index contributed by atoms with van der Waals surface area (Å²) in [4.78, 5) is 2.22. The summed E-state index contributed by atoms with van der Waals surface area (Å²) >= 11 is 6.21. The van der Waals surface area contributed by atoms with E-state index in [-0.39, 0.29) is 0 Å². The molecule has 1 unspecified atom stereocenters. The van der Waals surface area contributed by atoms with Crippen LogP contribution in [-0.2, 0) is 12.2 Å². The fourth-order valence-corrected chi connectivity index (χ4v) is 3.41. The number of nitrogens with zero attached hydrogens (tertiary/aromatic N) is 1. The standard InChI is InChI=1S/C19H22ClNO2/c1-3-21(4-2)13-19(22)16-8-6-5-7-14(16)12-23-18-10-9-15(20)11-17(18)19/h5-11,22H,3-4,12-13H2,1-2H3. The Morgan fingerprint density at radius 1 is 1.13 bits per heavy atom. The van der Waals surface area contributed by atoms with Crippen molar-refractivity contribution < 1.29 is 9.84 Å². The molecule has 1 heterocycles. The Hall–Kier alpha value is -1.55. The molecule has 1 aliphatic heterocycles. The van der Waals surface area contributed by atoms with Crippen LogP contribution in [0.1, 0.15) is 30.5 Å². The smallest absolute Gasteiger partial charge is 0.131 e. The SMILES string of the molecule is CCN(CC)CC1(O)c2ccccc2COc2ccc(Cl)cc21. The first-order valence-electron chi connectivity index (χ1n) is 8.04. The highest BCUT2D eigenvalue weighted by Gasteiger charge is 2.39. The lowest BCUT2D eigenvalue weighted by Crippen LogP contribution is -2.42. The number of aliphatic hydroxyl groups is 1. The maximum atomic E-state index is 11.7. The molecule has 0 saturated carbocycles. The number of fused-ring (bicyclic) bond motifs is 2. The molecule has 2 aromatic rings. The number of hydrogen-bond donors (Lipinski definition) is 1. The number of hydrogen-bond acceptors (Lipinski definition) is 3. The predicted octanol–water partition coefficient (Wildman–Crippen LogP) is 3.81. The second kappa shape index (κ2) is 6.52. The van der Waals surface area contributed by atoms with Crippen molar-refractivity contribution in [1.29, 1.82) is 0 Å². The van der Waals surface area contributed by atoms with Crippen molar-refractivity contribution in [2.75, 3.05) is 19.6 Å². The molecule has 0 amide bonds. The van der Waals surface area contributed by atoms with Crippen LogP contribution in [0.4, 0.5) is 0 Å². The summed E-state index contributed by atoms with van der Waals surface area (Å²) in [5, 5.41) is 12.3. The van der Waals surface area contributed by atoms with Crippen LogP contribution in [0.15, 0.2) is 42.5 Å². The highest BCUT2D eigenvalue weighted by Crippen LogP contribution is 2.42. The van der Waals surface area contributed by atoms with Crippen LogP contribution in [-0.4, -0.2) is 29.6 Å². The van der Waals surface area contributed by atoms with Crippen LogP contribution in [0.5, 0.6) is 5.75 Å². The molecule has 0 radical (unpaired) electrons. The van der Waals surface area contributed by atoms with Gasteiger partial charge in [-0.2, -0.15) is 0 Å². The largest absolute Gasteiger partial charge is 0.488 e. The summed E-state index contributed by atoms with van der Waals surface area (Å²) < 4.78 is 5.94. The Balaban J connectivity index is 2.20. The Morgan fingerprint density at radius 3 is 2.61 bits per heavy atom. The highest BCUT2D eigenvalue weighted by atomic mass is 35.5. The predicted molar refractivity (Wildman–Crippen MR) is 93.0 cm³/mol. The number of benzene rings is 2. The van der Waals surface area contributed by atoms with Crippen molar-refractivity contribution in [3.8, 4) is 5.75 Å². The van der Waals surface area contributed by atoms with Crippen molar-refractivity contribution in [2.45, 2.75) is 26.1 Å². The van der Waals surface area contributed by atoms with E-state index in [1.54, 1.807) is 6.07 Å². The van der Waals surface area contributed by atoms with Crippen LogP contribution in [0.3, 0.4) is 0 Å². The number of likely N-dealkylation sites (N-methyl/N-ethyl adjacent to an activating group) is 1. The Morgan fingerprint density at radius 2 is 1.87 bits per heavy atom. The number of halogens is 1. The van der Waals surface area contributed by atoms with Gasteiger partial charge in [-0.3, -0.25) is 0 Å². The zero-order valence-corrected chi connectivity index (χ0v) is 14.3. The molecular formula is C19H22ClNO2. The second-order valence-electron chi connectivity index (χ2n) is 5.91. The fraction of sp³-hybridized carbons (Fsp3) is 0.368. The van der Waals surface area contributed by atoms with E-state index in [4.69, 9.17) is 16.3 Å². The van der Waals surface area contributed by atoms with Crippen molar-refractivity contribution in [2.24, 2.45) is 0 Å². The van der Waals surface area contributed by atoms with Gasteiger partial charge >= 0.3 is 0 Å². The third kappa shape index (κ3) is 2.97. The normalized spacial score (nSPS) is 19.7. The van der Waals surface area contributed by atoms with Gasteiger partial charge in [-0.25, -0.2) is 0 Å². The molecule has 0 aromatic heterocycles. The zero-order valence-electron chi connectivity index (χ0n) is 13.6. The van der Waals surface area contributed by atoms with E-state index in [2.05, 4.69) is 18.7 Å². The van der Waals surface area contributed by atoms with Gasteiger partial charge in [0.2, 0.25) is 0 Å². The quantitative estimate of drug-likeness (QED) is 0.924. The Labute approximate surface area is 142 Å². The van der Waals surface area contributed by atoms with E-state index >= 15 is 0 Å². The van der Waals surface area contributed by atoms with Crippen LogP contribution in [0.25, 0.3) is 0 Å². The molecule has 3 rings (SSSR count). The molecule has 1 N–H and O–H groups in total.